The highest BCUT2D eigenvalue weighted by molar-refractivity contribution is 9.10. The van der Waals surface area contributed by atoms with E-state index in [1.807, 2.05) is 24.3 Å². The number of rotatable bonds is 2. The van der Waals surface area contributed by atoms with Crippen molar-refractivity contribution in [1.29, 1.82) is 0 Å². The molecule has 0 unspecified atom stereocenters. The zero-order chi connectivity index (χ0) is 12.4. The van der Waals surface area contributed by atoms with Crippen LogP contribution >= 0.6 is 15.9 Å². The molecule has 0 aliphatic carbocycles. The Morgan fingerprint density at radius 3 is 2.06 bits per heavy atom. The normalized spacial score (nSPS) is 10.4. The van der Waals surface area contributed by atoms with Crippen molar-refractivity contribution in [3.05, 3.63) is 52.8 Å². The van der Waals surface area contributed by atoms with Gasteiger partial charge in [0.25, 0.3) is 0 Å². The van der Waals surface area contributed by atoms with E-state index in [1.165, 1.54) is 12.1 Å². The molecule has 0 atom stereocenters. The molecule has 2 rings (SSSR count). The Balaban J connectivity index is 2.41. The Hall–Kier alpha value is -1.17. The zero-order valence-electron chi connectivity index (χ0n) is 8.77. The van der Waals surface area contributed by atoms with Gasteiger partial charge >= 0.3 is 7.12 Å². The molecule has 2 aromatic rings. The number of hydrogen-bond acceptors (Lipinski definition) is 2. The van der Waals surface area contributed by atoms with E-state index in [0.717, 1.165) is 10.0 Å². The van der Waals surface area contributed by atoms with E-state index in [-0.39, 0.29) is 5.46 Å². The van der Waals surface area contributed by atoms with Crippen LogP contribution in [-0.4, -0.2) is 17.2 Å². The predicted molar refractivity (Wildman–Crippen MR) is 69.4 cm³/mol. The van der Waals surface area contributed by atoms with Gasteiger partial charge in [0.2, 0.25) is 0 Å². The Labute approximate surface area is 107 Å². The Morgan fingerprint density at radius 2 is 1.53 bits per heavy atom. The molecule has 2 aromatic carbocycles. The summed E-state index contributed by atoms with van der Waals surface area (Å²) in [4.78, 5) is 0. The fourth-order valence-electron chi connectivity index (χ4n) is 1.56. The molecule has 0 spiro atoms. The van der Waals surface area contributed by atoms with Crippen LogP contribution in [0.3, 0.4) is 0 Å². The highest BCUT2D eigenvalue weighted by Gasteiger charge is 2.16. The molecule has 0 heterocycles. The van der Waals surface area contributed by atoms with Crippen LogP contribution in [0.2, 0.25) is 0 Å². The first-order chi connectivity index (χ1) is 8.08. The molecule has 0 amide bonds. The summed E-state index contributed by atoms with van der Waals surface area (Å²) in [5, 5.41) is 17.8. The minimum atomic E-state index is -1.78. The van der Waals surface area contributed by atoms with E-state index < -0.39 is 12.9 Å². The van der Waals surface area contributed by atoms with Crippen molar-refractivity contribution < 1.29 is 14.4 Å². The van der Waals surface area contributed by atoms with Gasteiger partial charge in [0.05, 0.1) is 0 Å². The third-order valence-corrected chi connectivity index (χ3v) is 2.98. The van der Waals surface area contributed by atoms with Crippen molar-refractivity contribution in [1.82, 2.24) is 0 Å². The highest BCUT2D eigenvalue weighted by Crippen LogP contribution is 2.21. The maximum atomic E-state index is 13.5. The molecule has 17 heavy (non-hydrogen) atoms. The lowest BCUT2D eigenvalue weighted by Crippen LogP contribution is -2.32. The molecule has 0 saturated heterocycles. The number of halogens is 2. The molecule has 86 valence electrons. The van der Waals surface area contributed by atoms with Crippen molar-refractivity contribution in [2.75, 3.05) is 0 Å². The van der Waals surface area contributed by atoms with Crippen LogP contribution < -0.4 is 5.46 Å². The summed E-state index contributed by atoms with van der Waals surface area (Å²) in [5.74, 6) is -0.625. The van der Waals surface area contributed by atoms with E-state index >= 15 is 0 Å². The summed E-state index contributed by atoms with van der Waals surface area (Å²) in [6.45, 7) is 0. The number of benzene rings is 2. The maximum Gasteiger partial charge on any atom is 0.491 e. The van der Waals surface area contributed by atoms with Crippen LogP contribution in [0, 0.1) is 5.82 Å². The fraction of sp³-hybridized carbons (Fsp3) is 0. The molecule has 0 saturated carbocycles. The molecular weight excluding hydrogens is 286 g/mol. The van der Waals surface area contributed by atoms with Crippen LogP contribution in [0.15, 0.2) is 46.9 Å². The summed E-state index contributed by atoms with van der Waals surface area (Å²) in [7, 11) is -1.78. The average molecular weight is 295 g/mol. The van der Waals surface area contributed by atoms with Crippen molar-refractivity contribution >= 4 is 28.5 Å². The lowest BCUT2D eigenvalue weighted by molar-refractivity contribution is 0.423. The molecule has 0 aliphatic rings. The van der Waals surface area contributed by atoms with E-state index in [2.05, 4.69) is 15.9 Å². The van der Waals surface area contributed by atoms with E-state index in [1.54, 1.807) is 6.07 Å². The molecule has 0 aliphatic heterocycles. The third kappa shape index (κ3) is 2.75. The zero-order valence-corrected chi connectivity index (χ0v) is 10.4. The molecule has 0 radical (unpaired) electrons. The molecule has 0 aromatic heterocycles. The first-order valence-electron chi connectivity index (χ1n) is 4.99. The summed E-state index contributed by atoms with van der Waals surface area (Å²) in [6, 6.07) is 11.8. The van der Waals surface area contributed by atoms with Crippen LogP contribution in [0.5, 0.6) is 0 Å². The van der Waals surface area contributed by atoms with Crippen molar-refractivity contribution in [3.8, 4) is 11.1 Å². The van der Waals surface area contributed by atoms with E-state index in [9.17, 15) is 4.39 Å². The highest BCUT2D eigenvalue weighted by atomic mass is 79.9. The molecular formula is C12H9BBrFO2. The van der Waals surface area contributed by atoms with Gasteiger partial charge in [-0.3, -0.25) is 0 Å². The largest absolute Gasteiger partial charge is 0.491 e. The molecule has 5 heteroatoms. The van der Waals surface area contributed by atoms with Crippen molar-refractivity contribution in [3.63, 3.8) is 0 Å². The quantitative estimate of drug-likeness (QED) is 0.831. The van der Waals surface area contributed by atoms with Crippen LogP contribution in [0.4, 0.5) is 4.39 Å². The second-order valence-corrected chi connectivity index (χ2v) is 4.53. The number of hydrogen-bond donors (Lipinski definition) is 2. The van der Waals surface area contributed by atoms with Gasteiger partial charge in [-0.1, -0.05) is 40.2 Å². The second-order valence-electron chi connectivity index (χ2n) is 3.62. The fourth-order valence-corrected chi connectivity index (χ4v) is 1.82. The third-order valence-electron chi connectivity index (χ3n) is 2.46. The van der Waals surface area contributed by atoms with Crippen molar-refractivity contribution in [2.45, 2.75) is 0 Å². The van der Waals surface area contributed by atoms with Gasteiger partial charge in [-0.15, -0.1) is 0 Å². The molecule has 0 fully saturated rings. The van der Waals surface area contributed by atoms with Gasteiger partial charge < -0.3 is 10.0 Å². The molecule has 2 nitrogen and oxygen atoms in total. The Bertz CT molecular complexity index is 529. The lowest BCUT2D eigenvalue weighted by atomic mass is 9.79. The van der Waals surface area contributed by atoms with Crippen LogP contribution in [0.1, 0.15) is 0 Å². The smallest absolute Gasteiger partial charge is 0.423 e. The Kier molecular flexibility index (Phi) is 3.62. The second kappa shape index (κ2) is 5.00. The van der Waals surface area contributed by atoms with Crippen LogP contribution in [-0.2, 0) is 0 Å². The lowest BCUT2D eigenvalue weighted by Gasteiger charge is -2.06. The van der Waals surface area contributed by atoms with Crippen molar-refractivity contribution in [2.24, 2.45) is 0 Å². The van der Waals surface area contributed by atoms with Crippen LogP contribution in [0.25, 0.3) is 11.1 Å². The summed E-state index contributed by atoms with van der Waals surface area (Å²) in [6.07, 6.45) is 0. The predicted octanol–water partition coefficient (Wildman–Crippen LogP) is 1.93. The topological polar surface area (TPSA) is 40.5 Å². The first-order valence-corrected chi connectivity index (χ1v) is 5.79. The van der Waals surface area contributed by atoms with Gasteiger partial charge in [-0.25, -0.2) is 4.39 Å². The summed E-state index contributed by atoms with van der Waals surface area (Å²) in [5.41, 5.74) is 1.44. The van der Waals surface area contributed by atoms with Gasteiger partial charge in [-0.05, 0) is 29.3 Å². The van der Waals surface area contributed by atoms with E-state index in [4.69, 9.17) is 10.0 Å². The average Bonchev–Trinajstić information content (AvgIpc) is 2.29. The van der Waals surface area contributed by atoms with Gasteiger partial charge in [0.15, 0.2) is 0 Å². The summed E-state index contributed by atoms with van der Waals surface area (Å²) < 4.78 is 14.5. The monoisotopic (exact) mass is 294 g/mol. The van der Waals surface area contributed by atoms with Gasteiger partial charge in [0.1, 0.15) is 5.82 Å². The van der Waals surface area contributed by atoms with E-state index in [0.29, 0.717) is 5.56 Å². The minimum absolute atomic E-state index is 0.120. The SMILES string of the molecule is OB(O)c1ccc(-c2ccc(Br)cc2)cc1F. The summed E-state index contributed by atoms with van der Waals surface area (Å²) >= 11 is 3.32. The Morgan fingerprint density at radius 1 is 0.941 bits per heavy atom. The van der Waals surface area contributed by atoms with Gasteiger partial charge in [-0.2, -0.15) is 0 Å². The first kappa shape index (κ1) is 12.3. The minimum Gasteiger partial charge on any atom is -0.423 e. The van der Waals surface area contributed by atoms with Gasteiger partial charge in [0, 0.05) is 9.94 Å². The maximum absolute atomic E-state index is 13.5. The standard InChI is InChI=1S/C12H9BBrFO2/c14-10-4-1-8(2-5-10)9-3-6-11(13(16)17)12(15)7-9/h1-7,16-17H. The molecule has 2 N–H and O–H groups in total. The molecule has 0 bridgehead atoms.